The molecule has 0 saturated heterocycles. The number of amides is 2. The predicted molar refractivity (Wildman–Crippen MR) is 173 cm³/mol. The summed E-state index contributed by atoms with van der Waals surface area (Å²) in [5, 5.41) is 75.2. The molecule has 0 heterocycles. The third-order valence-corrected chi connectivity index (χ3v) is 8.79. The maximum Gasteiger partial charge on any atom is 0.326 e. The van der Waals surface area contributed by atoms with Gasteiger partial charge in [-0.15, -0.1) is 0 Å². The molecule has 9 N–H and O–H groups in total. The molecule has 2 amide bonds. The van der Waals surface area contributed by atoms with Crippen molar-refractivity contribution in [3.05, 3.63) is 113 Å². The predicted octanol–water partition coefficient (Wildman–Crippen LogP) is 2.95. The van der Waals surface area contributed by atoms with E-state index in [1.165, 1.54) is 84.9 Å². The van der Waals surface area contributed by atoms with E-state index in [2.05, 4.69) is 10.6 Å². The number of carbonyl (C=O) groups excluding carboxylic acids is 2. The standard InChI is InChI=1S/C36H34N2O11/c39-21-7-1-18(2-8-21)15-26(35(46)47)37-33(44)31-29(20-5-11-23(41)12-6-20)32(30(31)25-14-13-24(42)17-28(25)43)34(45)38-27(36(48)49)16-19-3-9-22(40)10-4-19/h1-14,17,26-27,29-32,39-43H,15-16H2,(H,37,44)(H,38,45)(H,46,47)(H,48,49)/t26-,27+,29?,30?,31-,32-/m0/s1. The Balaban J connectivity index is 1.53. The first-order chi connectivity index (χ1) is 23.3. The van der Waals surface area contributed by atoms with Gasteiger partial charge >= 0.3 is 11.9 Å². The highest BCUT2D eigenvalue weighted by atomic mass is 16.4. The van der Waals surface area contributed by atoms with Gasteiger partial charge in [-0.3, -0.25) is 9.59 Å². The molecule has 254 valence electrons. The van der Waals surface area contributed by atoms with E-state index in [1.807, 2.05) is 0 Å². The van der Waals surface area contributed by atoms with E-state index < -0.39 is 65.3 Å². The number of hydrogen-bond donors (Lipinski definition) is 9. The van der Waals surface area contributed by atoms with E-state index in [1.54, 1.807) is 0 Å². The van der Waals surface area contributed by atoms with Gasteiger partial charge in [0.1, 0.15) is 40.8 Å². The van der Waals surface area contributed by atoms with Crippen LogP contribution in [0.25, 0.3) is 0 Å². The molecule has 2 unspecified atom stereocenters. The van der Waals surface area contributed by atoms with Crippen molar-refractivity contribution < 1.29 is 54.9 Å². The third-order valence-electron chi connectivity index (χ3n) is 8.79. The lowest BCUT2D eigenvalue weighted by atomic mass is 9.51. The summed E-state index contributed by atoms with van der Waals surface area (Å²) in [5.41, 5.74) is 1.51. The lowest BCUT2D eigenvalue weighted by molar-refractivity contribution is -0.148. The Hall–Kier alpha value is -6.24. The van der Waals surface area contributed by atoms with Gasteiger partial charge in [0, 0.05) is 30.7 Å². The Morgan fingerprint density at radius 1 is 0.531 bits per heavy atom. The lowest BCUT2D eigenvalue weighted by Crippen LogP contribution is -2.59. The van der Waals surface area contributed by atoms with Gasteiger partial charge in [-0.05, 0) is 64.7 Å². The van der Waals surface area contributed by atoms with Gasteiger partial charge < -0.3 is 46.4 Å². The van der Waals surface area contributed by atoms with E-state index >= 15 is 0 Å². The number of carboxylic acids is 2. The summed E-state index contributed by atoms with van der Waals surface area (Å²) < 4.78 is 0. The van der Waals surface area contributed by atoms with Gasteiger partial charge in [0.2, 0.25) is 11.8 Å². The number of rotatable bonds is 12. The lowest BCUT2D eigenvalue weighted by Gasteiger charge is -2.51. The molecule has 0 radical (unpaired) electrons. The Morgan fingerprint density at radius 3 is 1.31 bits per heavy atom. The summed E-state index contributed by atoms with van der Waals surface area (Å²) >= 11 is 0. The van der Waals surface area contributed by atoms with E-state index in [0.29, 0.717) is 16.7 Å². The molecule has 49 heavy (non-hydrogen) atoms. The number of benzene rings is 4. The zero-order valence-corrected chi connectivity index (χ0v) is 25.8. The van der Waals surface area contributed by atoms with Crippen molar-refractivity contribution in [1.29, 1.82) is 0 Å². The zero-order valence-electron chi connectivity index (χ0n) is 25.8. The number of phenols is 5. The Morgan fingerprint density at radius 2 is 0.918 bits per heavy atom. The van der Waals surface area contributed by atoms with Gasteiger partial charge in [0.25, 0.3) is 0 Å². The van der Waals surface area contributed by atoms with Crippen LogP contribution in [-0.2, 0) is 32.0 Å². The fourth-order valence-electron chi connectivity index (χ4n) is 6.38. The Kier molecular flexibility index (Phi) is 9.92. The second-order valence-corrected chi connectivity index (χ2v) is 12.0. The molecule has 1 saturated carbocycles. The molecule has 4 aromatic rings. The van der Waals surface area contributed by atoms with Crippen molar-refractivity contribution in [3.8, 4) is 28.7 Å². The average molecular weight is 671 g/mol. The highest BCUT2D eigenvalue weighted by Gasteiger charge is 2.59. The number of aromatic hydroxyl groups is 5. The maximum atomic E-state index is 14.1. The first-order valence-electron chi connectivity index (χ1n) is 15.3. The van der Waals surface area contributed by atoms with Crippen LogP contribution in [0.2, 0.25) is 0 Å². The number of carboxylic acid groups (broad SMARTS) is 2. The first kappa shape index (κ1) is 34.1. The van der Waals surface area contributed by atoms with Gasteiger partial charge in [0.15, 0.2) is 0 Å². The van der Waals surface area contributed by atoms with E-state index in [-0.39, 0.29) is 41.4 Å². The number of aliphatic carboxylic acids is 2. The van der Waals surface area contributed by atoms with Gasteiger partial charge in [-0.1, -0.05) is 42.5 Å². The van der Waals surface area contributed by atoms with Crippen LogP contribution in [0.3, 0.4) is 0 Å². The quantitative estimate of drug-likeness (QED) is 0.106. The highest BCUT2D eigenvalue weighted by molar-refractivity contribution is 5.93. The van der Waals surface area contributed by atoms with Gasteiger partial charge in [0.05, 0.1) is 11.8 Å². The summed E-state index contributed by atoms with van der Waals surface area (Å²) in [5.74, 6) is -9.60. The van der Waals surface area contributed by atoms with Crippen LogP contribution < -0.4 is 10.6 Å². The topological polar surface area (TPSA) is 234 Å². The smallest absolute Gasteiger partial charge is 0.326 e. The monoisotopic (exact) mass is 670 g/mol. The first-order valence-corrected chi connectivity index (χ1v) is 15.3. The Bertz CT molecular complexity index is 1760. The van der Waals surface area contributed by atoms with Crippen molar-refractivity contribution in [3.63, 3.8) is 0 Å². The van der Waals surface area contributed by atoms with E-state index in [9.17, 15) is 54.9 Å². The van der Waals surface area contributed by atoms with Gasteiger partial charge in [-0.25, -0.2) is 9.59 Å². The molecule has 13 heteroatoms. The number of hydrogen-bond acceptors (Lipinski definition) is 9. The van der Waals surface area contributed by atoms with Crippen molar-refractivity contribution in [2.75, 3.05) is 0 Å². The van der Waals surface area contributed by atoms with Crippen LogP contribution in [0.4, 0.5) is 0 Å². The number of nitrogens with one attached hydrogen (secondary N) is 2. The molecule has 4 aromatic carbocycles. The summed E-state index contributed by atoms with van der Waals surface area (Å²) in [7, 11) is 0. The summed E-state index contributed by atoms with van der Waals surface area (Å²) in [6.07, 6.45) is -0.289. The van der Waals surface area contributed by atoms with Crippen LogP contribution in [0.15, 0.2) is 91.0 Å². The van der Waals surface area contributed by atoms with E-state index in [4.69, 9.17) is 0 Å². The molecule has 0 aliphatic heterocycles. The molecular weight excluding hydrogens is 636 g/mol. The SMILES string of the molecule is O=C(N[C@@H](Cc1ccc(O)cc1)C(=O)O)[C@H]1C(c2ccc(O)cc2)[C@H](C(=O)N[C@H](Cc2ccc(O)cc2)C(=O)O)C1c1ccc(O)cc1O. The largest absolute Gasteiger partial charge is 0.508 e. The minimum atomic E-state index is -1.43. The second kappa shape index (κ2) is 14.3. The highest BCUT2D eigenvalue weighted by Crippen LogP contribution is 2.59. The Labute approximate surface area is 279 Å². The fourth-order valence-corrected chi connectivity index (χ4v) is 6.38. The normalized spacial score (nSPS) is 19.5. The molecule has 6 atom stereocenters. The fraction of sp³-hybridized carbons (Fsp3) is 0.222. The number of phenolic OH excluding ortho intramolecular Hbond substituents is 5. The van der Waals surface area contributed by atoms with Crippen molar-refractivity contribution in [2.24, 2.45) is 11.8 Å². The van der Waals surface area contributed by atoms with Crippen molar-refractivity contribution in [2.45, 2.75) is 36.8 Å². The van der Waals surface area contributed by atoms with Gasteiger partial charge in [-0.2, -0.15) is 0 Å². The van der Waals surface area contributed by atoms with Crippen LogP contribution >= 0.6 is 0 Å². The zero-order chi connectivity index (χ0) is 35.4. The summed E-state index contributed by atoms with van der Waals surface area (Å²) in [6, 6.07) is 18.0. The average Bonchev–Trinajstić information content (AvgIpc) is 3.03. The molecule has 0 aromatic heterocycles. The van der Waals surface area contributed by atoms with Crippen molar-refractivity contribution >= 4 is 23.8 Å². The van der Waals surface area contributed by atoms with Crippen LogP contribution in [0, 0.1) is 11.8 Å². The van der Waals surface area contributed by atoms with Crippen LogP contribution in [0.5, 0.6) is 28.7 Å². The van der Waals surface area contributed by atoms with Crippen LogP contribution in [-0.4, -0.2) is 71.6 Å². The number of carbonyl (C=O) groups is 4. The molecule has 5 rings (SSSR count). The van der Waals surface area contributed by atoms with Crippen molar-refractivity contribution in [1.82, 2.24) is 10.6 Å². The maximum absolute atomic E-state index is 14.1. The summed E-state index contributed by atoms with van der Waals surface area (Å²) in [4.78, 5) is 52.8. The molecule has 1 aliphatic carbocycles. The molecule has 1 aliphatic rings. The van der Waals surface area contributed by atoms with Crippen LogP contribution in [0.1, 0.15) is 34.1 Å². The minimum Gasteiger partial charge on any atom is -0.508 e. The second-order valence-electron chi connectivity index (χ2n) is 12.0. The summed E-state index contributed by atoms with van der Waals surface area (Å²) in [6.45, 7) is 0. The molecule has 1 fully saturated rings. The molecule has 0 bridgehead atoms. The molecule has 13 nitrogen and oxygen atoms in total. The minimum absolute atomic E-state index is 0.0278. The molecular formula is C36H34N2O11. The third kappa shape index (κ3) is 7.67. The molecule has 0 spiro atoms. The van der Waals surface area contributed by atoms with E-state index in [0.717, 1.165) is 6.07 Å².